The van der Waals surface area contributed by atoms with E-state index in [0.717, 1.165) is 11.1 Å². The Kier molecular flexibility index (Phi) is 4.72. The second-order valence-electron chi connectivity index (χ2n) is 7.04. The summed E-state index contributed by atoms with van der Waals surface area (Å²) in [6.45, 7) is 3.83. The fourth-order valence-corrected chi connectivity index (χ4v) is 3.51. The highest BCUT2D eigenvalue weighted by atomic mass is 19.1. The number of hydrogen-bond acceptors (Lipinski definition) is 3. The maximum atomic E-state index is 13.4. The number of carbonyl (C=O) groups excluding carboxylic acids is 2. The summed E-state index contributed by atoms with van der Waals surface area (Å²) in [7, 11) is 0. The zero-order chi connectivity index (χ0) is 20.5. The van der Waals surface area contributed by atoms with Crippen molar-refractivity contribution in [3.8, 4) is 0 Å². The van der Waals surface area contributed by atoms with Gasteiger partial charge in [-0.2, -0.15) is 0 Å². The van der Waals surface area contributed by atoms with Crippen molar-refractivity contribution in [1.29, 1.82) is 0 Å². The van der Waals surface area contributed by atoms with Gasteiger partial charge in [-0.1, -0.05) is 36.4 Å². The molecule has 0 saturated carbocycles. The smallest absolute Gasteiger partial charge is 0.282 e. The lowest BCUT2D eigenvalue weighted by atomic mass is 10.0. The molecule has 0 radical (unpaired) electrons. The van der Waals surface area contributed by atoms with Crippen molar-refractivity contribution >= 4 is 28.8 Å². The van der Waals surface area contributed by atoms with E-state index in [2.05, 4.69) is 5.32 Å². The number of para-hydroxylation sites is 1. The minimum Gasteiger partial charge on any atom is -0.350 e. The molecule has 1 aliphatic heterocycles. The third-order valence-corrected chi connectivity index (χ3v) is 4.72. The van der Waals surface area contributed by atoms with Gasteiger partial charge < -0.3 is 5.32 Å². The van der Waals surface area contributed by atoms with Crippen molar-refractivity contribution < 1.29 is 14.0 Å². The predicted octanol–water partition coefficient (Wildman–Crippen LogP) is 4.84. The minimum absolute atomic E-state index is 0.173. The number of nitrogens with one attached hydrogen (secondary N) is 1. The fourth-order valence-electron chi connectivity index (χ4n) is 3.51. The standard InChI is InChI=1S/C24H19FN2O2/c1-15-12-16(2)14-20(13-15)27-23(28)21(17-8-10-18(25)11-9-17)22(24(27)29)26-19-6-4-3-5-7-19/h3-14,26H,1-2H3. The Hall–Kier alpha value is -3.73. The zero-order valence-electron chi connectivity index (χ0n) is 16.1. The molecular weight excluding hydrogens is 367 g/mol. The molecule has 1 heterocycles. The first-order valence-electron chi connectivity index (χ1n) is 9.23. The van der Waals surface area contributed by atoms with Crippen molar-refractivity contribution in [2.45, 2.75) is 13.8 Å². The first kappa shape index (κ1) is 18.6. The summed E-state index contributed by atoms with van der Waals surface area (Å²) in [6.07, 6.45) is 0. The number of imide groups is 1. The van der Waals surface area contributed by atoms with Gasteiger partial charge in [0.2, 0.25) is 0 Å². The Morgan fingerprint density at radius 2 is 1.41 bits per heavy atom. The Labute approximate surface area is 168 Å². The molecule has 0 atom stereocenters. The van der Waals surface area contributed by atoms with Crippen LogP contribution < -0.4 is 10.2 Å². The van der Waals surface area contributed by atoms with Crippen molar-refractivity contribution in [3.63, 3.8) is 0 Å². The lowest BCUT2D eigenvalue weighted by molar-refractivity contribution is -0.120. The second-order valence-corrected chi connectivity index (χ2v) is 7.04. The van der Waals surface area contributed by atoms with Crippen LogP contribution in [0.25, 0.3) is 5.57 Å². The van der Waals surface area contributed by atoms with Gasteiger partial charge in [0.15, 0.2) is 0 Å². The van der Waals surface area contributed by atoms with E-state index in [9.17, 15) is 14.0 Å². The summed E-state index contributed by atoms with van der Waals surface area (Å²) in [5.41, 5.74) is 3.98. The van der Waals surface area contributed by atoms with Gasteiger partial charge in [0, 0.05) is 5.69 Å². The van der Waals surface area contributed by atoms with E-state index in [0.29, 0.717) is 16.9 Å². The third-order valence-electron chi connectivity index (χ3n) is 4.72. The number of rotatable bonds is 4. The summed E-state index contributed by atoms with van der Waals surface area (Å²) in [5.74, 6) is -1.29. The van der Waals surface area contributed by atoms with Gasteiger partial charge in [0.25, 0.3) is 11.8 Å². The maximum absolute atomic E-state index is 13.4. The molecule has 0 unspecified atom stereocenters. The van der Waals surface area contributed by atoms with Crippen LogP contribution in [0.2, 0.25) is 0 Å². The number of benzene rings is 3. The molecule has 29 heavy (non-hydrogen) atoms. The van der Waals surface area contributed by atoms with Gasteiger partial charge in [-0.25, -0.2) is 9.29 Å². The molecule has 0 aromatic heterocycles. The number of amides is 2. The monoisotopic (exact) mass is 386 g/mol. The van der Waals surface area contributed by atoms with Crippen molar-refractivity contribution in [2.75, 3.05) is 10.2 Å². The van der Waals surface area contributed by atoms with E-state index in [1.54, 1.807) is 12.1 Å². The highest BCUT2D eigenvalue weighted by Crippen LogP contribution is 2.34. The van der Waals surface area contributed by atoms with E-state index in [-0.39, 0.29) is 11.3 Å². The fraction of sp³-hybridized carbons (Fsp3) is 0.0833. The van der Waals surface area contributed by atoms with Gasteiger partial charge >= 0.3 is 0 Å². The highest BCUT2D eigenvalue weighted by Gasteiger charge is 2.40. The van der Waals surface area contributed by atoms with Gasteiger partial charge in [-0.15, -0.1) is 0 Å². The topological polar surface area (TPSA) is 49.4 Å². The number of nitrogens with zero attached hydrogens (tertiary/aromatic N) is 1. The van der Waals surface area contributed by atoms with E-state index < -0.39 is 17.6 Å². The SMILES string of the molecule is Cc1cc(C)cc(N2C(=O)C(Nc3ccccc3)=C(c3ccc(F)cc3)C2=O)c1. The van der Waals surface area contributed by atoms with Crippen LogP contribution in [0.1, 0.15) is 16.7 Å². The molecule has 1 N–H and O–H groups in total. The van der Waals surface area contributed by atoms with Crippen LogP contribution in [-0.4, -0.2) is 11.8 Å². The first-order chi connectivity index (χ1) is 13.9. The Balaban J connectivity index is 1.84. The van der Waals surface area contributed by atoms with Crippen LogP contribution in [0.15, 0.2) is 78.5 Å². The normalized spacial score (nSPS) is 14.0. The number of aryl methyl sites for hydroxylation is 2. The summed E-state index contributed by atoms with van der Waals surface area (Å²) >= 11 is 0. The molecule has 3 aromatic rings. The van der Waals surface area contributed by atoms with Crippen LogP contribution in [0.3, 0.4) is 0 Å². The van der Waals surface area contributed by atoms with E-state index >= 15 is 0 Å². The first-order valence-corrected chi connectivity index (χ1v) is 9.23. The molecule has 1 aliphatic rings. The number of halogens is 1. The molecule has 4 nitrogen and oxygen atoms in total. The third kappa shape index (κ3) is 3.55. The summed E-state index contributed by atoms with van der Waals surface area (Å²) in [6, 6.07) is 20.3. The summed E-state index contributed by atoms with van der Waals surface area (Å²) < 4.78 is 13.4. The lowest BCUT2D eigenvalue weighted by Gasteiger charge is -2.17. The van der Waals surface area contributed by atoms with Gasteiger partial charge in [-0.3, -0.25) is 9.59 Å². The lowest BCUT2D eigenvalue weighted by Crippen LogP contribution is -2.32. The Bertz CT molecular complexity index is 1120. The van der Waals surface area contributed by atoms with Crippen molar-refractivity contribution in [3.05, 3.63) is 101 Å². The molecule has 0 aliphatic carbocycles. The van der Waals surface area contributed by atoms with Crippen LogP contribution in [0.5, 0.6) is 0 Å². The molecule has 0 spiro atoms. The van der Waals surface area contributed by atoms with E-state index in [1.807, 2.05) is 50.2 Å². The van der Waals surface area contributed by atoms with Crippen LogP contribution in [0.4, 0.5) is 15.8 Å². The molecule has 0 bridgehead atoms. The molecule has 0 fully saturated rings. The highest BCUT2D eigenvalue weighted by molar-refractivity contribution is 6.46. The summed E-state index contributed by atoms with van der Waals surface area (Å²) in [4.78, 5) is 27.8. The Morgan fingerprint density at radius 3 is 2.03 bits per heavy atom. The molecule has 4 rings (SSSR count). The van der Waals surface area contributed by atoms with E-state index in [4.69, 9.17) is 0 Å². The second kappa shape index (κ2) is 7.36. The predicted molar refractivity (Wildman–Crippen MR) is 112 cm³/mol. The van der Waals surface area contributed by atoms with Gasteiger partial charge in [-0.05, 0) is 66.9 Å². The molecule has 144 valence electrons. The molecular formula is C24H19FN2O2. The average molecular weight is 386 g/mol. The van der Waals surface area contributed by atoms with Gasteiger partial charge in [0.05, 0.1) is 11.3 Å². The van der Waals surface area contributed by atoms with Crippen molar-refractivity contribution in [1.82, 2.24) is 0 Å². The zero-order valence-corrected chi connectivity index (χ0v) is 16.1. The molecule has 3 aromatic carbocycles. The molecule has 2 amide bonds. The van der Waals surface area contributed by atoms with Gasteiger partial charge in [0.1, 0.15) is 11.5 Å². The van der Waals surface area contributed by atoms with Crippen LogP contribution in [0, 0.1) is 19.7 Å². The number of hydrogen-bond donors (Lipinski definition) is 1. The minimum atomic E-state index is -0.442. The van der Waals surface area contributed by atoms with Crippen molar-refractivity contribution in [2.24, 2.45) is 0 Å². The quantitative estimate of drug-likeness (QED) is 0.653. The molecule has 5 heteroatoms. The largest absolute Gasteiger partial charge is 0.350 e. The van der Waals surface area contributed by atoms with Crippen LogP contribution in [-0.2, 0) is 9.59 Å². The summed E-state index contributed by atoms with van der Waals surface area (Å²) in [5, 5.41) is 3.09. The maximum Gasteiger partial charge on any atom is 0.282 e. The Morgan fingerprint density at radius 1 is 0.793 bits per heavy atom. The van der Waals surface area contributed by atoms with Crippen LogP contribution >= 0.6 is 0 Å². The molecule has 0 saturated heterocycles. The number of anilines is 2. The average Bonchev–Trinajstić information content (AvgIpc) is 2.92. The number of carbonyl (C=O) groups is 2. The van der Waals surface area contributed by atoms with E-state index in [1.165, 1.54) is 29.2 Å².